The molecule has 0 N–H and O–H groups in total. The van der Waals surface area contributed by atoms with E-state index < -0.39 is 0 Å². The van der Waals surface area contributed by atoms with Crippen molar-refractivity contribution in [3.8, 4) is 0 Å². The van der Waals surface area contributed by atoms with Gasteiger partial charge in [-0.25, -0.2) is 0 Å². The maximum Gasteiger partial charge on any atom is 0.107 e. The van der Waals surface area contributed by atoms with Crippen LogP contribution < -0.4 is 0 Å². The Morgan fingerprint density at radius 2 is 1.53 bits per heavy atom. The highest BCUT2D eigenvalue weighted by molar-refractivity contribution is 6.44. The van der Waals surface area contributed by atoms with Crippen LogP contribution in [0.5, 0.6) is 0 Å². The van der Waals surface area contributed by atoms with Crippen LogP contribution in [-0.4, -0.2) is 4.84 Å². The lowest BCUT2D eigenvalue weighted by atomic mass is 9.99. The molecule has 19 heavy (non-hydrogen) atoms. The summed E-state index contributed by atoms with van der Waals surface area (Å²) in [4.78, 5) is -0.196. The predicted molar refractivity (Wildman–Crippen MR) is 86.2 cm³/mol. The SMILES string of the molecule is ClC(Cl)CCCCCCc1cccc2ccccc12. The molecule has 0 spiro atoms. The van der Waals surface area contributed by atoms with Gasteiger partial charge in [-0.15, -0.1) is 23.2 Å². The number of alkyl halides is 2. The van der Waals surface area contributed by atoms with E-state index in [9.17, 15) is 0 Å². The van der Waals surface area contributed by atoms with Crippen molar-refractivity contribution in [3.63, 3.8) is 0 Å². The Hall–Kier alpha value is -0.720. The van der Waals surface area contributed by atoms with Crippen molar-refractivity contribution in [3.05, 3.63) is 48.0 Å². The quantitative estimate of drug-likeness (QED) is 0.425. The normalized spacial score (nSPS) is 11.3. The highest BCUT2D eigenvalue weighted by atomic mass is 35.5. The first-order valence-corrected chi connectivity index (χ1v) is 7.89. The third kappa shape index (κ3) is 4.71. The summed E-state index contributed by atoms with van der Waals surface area (Å²) in [6.07, 6.45) is 6.92. The van der Waals surface area contributed by atoms with Crippen molar-refractivity contribution in [2.75, 3.05) is 0 Å². The summed E-state index contributed by atoms with van der Waals surface area (Å²) in [5, 5.41) is 2.73. The van der Waals surface area contributed by atoms with Crippen molar-refractivity contribution in [2.45, 2.75) is 43.4 Å². The molecule has 0 aliphatic carbocycles. The van der Waals surface area contributed by atoms with Crippen LogP contribution in [0, 0.1) is 0 Å². The number of aryl methyl sites for hydroxylation is 1. The van der Waals surface area contributed by atoms with Gasteiger partial charge >= 0.3 is 0 Å². The monoisotopic (exact) mass is 294 g/mol. The molecule has 0 saturated heterocycles. The Morgan fingerprint density at radius 3 is 2.37 bits per heavy atom. The number of rotatable bonds is 7. The summed E-state index contributed by atoms with van der Waals surface area (Å²) in [5.74, 6) is 0. The van der Waals surface area contributed by atoms with Gasteiger partial charge in [0.2, 0.25) is 0 Å². The van der Waals surface area contributed by atoms with Crippen molar-refractivity contribution in [1.82, 2.24) is 0 Å². The van der Waals surface area contributed by atoms with Crippen molar-refractivity contribution in [1.29, 1.82) is 0 Å². The zero-order valence-corrected chi connectivity index (χ0v) is 12.6. The summed E-state index contributed by atoms with van der Waals surface area (Å²) in [5.41, 5.74) is 1.46. The fourth-order valence-corrected chi connectivity index (χ4v) is 2.79. The number of unbranched alkanes of at least 4 members (excludes halogenated alkanes) is 3. The highest BCUT2D eigenvalue weighted by Crippen LogP contribution is 2.21. The standard InChI is InChI=1S/C17H20Cl2/c18-17(19)13-4-2-1-3-8-14-10-7-11-15-9-5-6-12-16(14)15/h5-7,9-12,17H,1-4,8,13H2. The minimum absolute atomic E-state index is 0.196. The zero-order valence-electron chi connectivity index (χ0n) is 11.1. The molecule has 0 aliphatic heterocycles. The van der Waals surface area contributed by atoms with Gasteiger partial charge in [-0.1, -0.05) is 61.7 Å². The minimum Gasteiger partial charge on any atom is -0.105 e. The first-order valence-electron chi connectivity index (χ1n) is 7.02. The molecule has 0 aromatic heterocycles. The molecule has 2 heteroatoms. The number of benzene rings is 2. The maximum absolute atomic E-state index is 5.72. The van der Waals surface area contributed by atoms with E-state index in [-0.39, 0.29) is 4.84 Å². The molecular weight excluding hydrogens is 275 g/mol. The van der Waals surface area contributed by atoms with E-state index >= 15 is 0 Å². The predicted octanol–water partition coefficient (Wildman–Crippen LogP) is 6.14. The van der Waals surface area contributed by atoms with Crippen molar-refractivity contribution >= 4 is 34.0 Å². The Bertz CT molecular complexity index is 500. The van der Waals surface area contributed by atoms with Gasteiger partial charge in [-0.05, 0) is 35.6 Å². The van der Waals surface area contributed by atoms with E-state index in [1.807, 2.05) is 0 Å². The Morgan fingerprint density at radius 1 is 0.789 bits per heavy atom. The van der Waals surface area contributed by atoms with E-state index in [4.69, 9.17) is 23.2 Å². The molecule has 102 valence electrons. The molecule has 0 radical (unpaired) electrons. The smallest absolute Gasteiger partial charge is 0.105 e. The van der Waals surface area contributed by atoms with Gasteiger partial charge in [-0.3, -0.25) is 0 Å². The molecular formula is C17H20Cl2. The molecule has 0 nitrogen and oxygen atoms in total. The lowest BCUT2D eigenvalue weighted by molar-refractivity contribution is 0.628. The number of hydrogen-bond donors (Lipinski definition) is 0. The van der Waals surface area contributed by atoms with Crippen LogP contribution in [0.15, 0.2) is 42.5 Å². The number of fused-ring (bicyclic) bond motifs is 1. The molecule has 0 bridgehead atoms. The molecule has 0 saturated carbocycles. The highest BCUT2D eigenvalue weighted by Gasteiger charge is 2.01. The Labute approximate surface area is 125 Å². The van der Waals surface area contributed by atoms with Crippen molar-refractivity contribution in [2.24, 2.45) is 0 Å². The lowest BCUT2D eigenvalue weighted by Crippen LogP contribution is -1.90. The fraction of sp³-hybridized carbons (Fsp3) is 0.412. The second kappa shape index (κ2) is 7.77. The molecule has 0 heterocycles. The molecule has 2 rings (SSSR count). The first-order chi connectivity index (χ1) is 9.27. The minimum atomic E-state index is -0.196. The topological polar surface area (TPSA) is 0 Å². The third-order valence-electron chi connectivity index (χ3n) is 3.50. The maximum atomic E-state index is 5.72. The van der Waals surface area contributed by atoms with E-state index in [0.717, 1.165) is 19.3 Å². The van der Waals surface area contributed by atoms with E-state index in [2.05, 4.69) is 42.5 Å². The molecule has 0 fully saturated rings. The molecule has 0 atom stereocenters. The molecule has 0 amide bonds. The van der Waals surface area contributed by atoms with Gasteiger partial charge in [0, 0.05) is 0 Å². The average molecular weight is 295 g/mol. The third-order valence-corrected chi connectivity index (χ3v) is 3.93. The average Bonchev–Trinajstić information content (AvgIpc) is 2.42. The summed E-state index contributed by atoms with van der Waals surface area (Å²) in [6.45, 7) is 0. The van der Waals surface area contributed by atoms with Gasteiger partial charge in [0.15, 0.2) is 0 Å². The summed E-state index contributed by atoms with van der Waals surface area (Å²) in [7, 11) is 0. The van der Waals surface area contributed by atoms with Crippen LogP contribution in [-0.2, 0) is 6.42 Å². The van der Waals surface area contributed by atoms with Gasteiger partial charge < -0.3 is 0 Å². The summed E-state index contributed by atoms with van der Waals surface area (Å²) >= 11 is 11.4. The van der Waals surface area contributed by atoms with Crippen LogP contribution >= 0.6 is 23.2 Å². The second-order valence-corrected chi connectivity index (χ2v) is 6.26. The number of hydrogen-bond acceptors (Lipinski definition) is 0. The van der Waals surface area contributed by atoms with Crippen LogP contribution in [0.4, 0.5) is 0 Å². The lowest BCUT2D eigenvalue weighted by Gasteiger charge is -2.06. The van der Waals surface area contributed by atoms with Gasteiger partial charge in [0.05, 0.1) is 0 Å². The molecule has 2 aromatic rings. The van der Waals surface area contributed by atoms with Gasteiger partial charge in [-0.2, -0.15) is 0 Å². The fourth-order valence-electron chi connectivity index (χ4n) is 2.48. The zero-order chi connectivity index (χ0) is 13.5. The van der Waals surface area contributed by atoms with Crippen LogP contribution in [0.25, 0.3) is 10.8 Å². The summed E-state index contributed by atoms with van der Waals surface area (Å²) < 4.78 is 0. The van der Waals surface area contributed by atoms with Gasteiger partial charge in [0.1, 0.15) is 4.84 Å². The number of halogens is 2. The first kappa shape index (κ1) is 14.7. The van der Waals surface area contributed by atoms with E-state index in [1.54, 1.807) is 0 Å². The largest absolute Gasteiger partial charge is 0.107 e. The van der Waals surface area contributed by atoms with Crippen molar-refractivity contribution < 1.29 is 0 Å². The Kier molecular flexibility index (Phi) is 6.00. The van der Waals surface area contributed by atoms with Crippen LogP contribution in [0.2, 0.25) is 0 Å². The summed E-state index contributed by atoms with van der Waals surface area (Å²) in [6, 6.07) is 15.2. The van der Waals surface area contributed by atoms with E-state index in [1.165, 1.54) is 35.6 Å². The molecule has 2 aromatic carbocycles. The van der Waals surface area contributed by atoms with Gasteiger partial charge in [0.25, 0.3) is 0 Å². The van der Waals surface area contributed by atoms with Crippen LogP contribution in [0.1, 0.15) is 37.7 Å². The molecule has 0 aliphatic rings. The second-order valence-electron chi connectivity index (χ2n) is 4.98. The Balaban J connectivity index is 1.82. The molecule has 0 unspecified atom stereocenters. The van der Waals surface area contributed by atoms with Crippen LogP contribution in [0.3, 0.4) is 0 Å². The van der Waals surface area contributed by atoms with E-state index in [0.29, 0.717) is 0 Å².